The van der Waals surface area contributed by atoms with Gasteiger partial charge in [0.25, 0.3) is 0 Å². The molecule has 4 aromatic rings. The van der Waals surface area contributed by atoms with Crippen molar-refractivity contribution in [1.29, 1.82) is 5.41 Å². The van der Waals surface area contributed by atoms with Gasteiger partial charge in [-0.1, -0.05) is 26.0 Å². The van der Waals surface area contributed by atoms with E-state index in [-0.39, 0.29) is 0 Å². The fourth-order valence-electron chi connectivity index (χ4n) is 4.14. The summed E-state index contributed by atoms with van der Waals surface area (Å²) in [5.41, 5.74) is 6.01. The van der Waals surface area contributed by atoms with E-state index in [4.69, 9.17) is 15.1 Å². The summed E-state index contributed by atoms with van der Waals surface area (Å²) in [6, 6.07) is 14.1. The number of hydrogen-bond acceptors (Lipinski definition) is 6. The summed E-state index contributed by atoms with van der Waals surface area (Å²) >= 11 is 0. The van der Waals surface area contributed by atoms with Crippen molar-refractivity contribution in [3.05, 3.63) is 59.9 Å². The number of rotatable bonds is 4. The summed E-state index contributed by atoms with van der Waals surface area (Å²) in [4.78, 5) is 9.10. The van der Waals surface area contributed by atoms with Crippen LogP contribution in [0.4, 0.5) is 11.6 Å². The molecule has 0 spiro atoms. The van der Waals surface area contributed by atoms with Crippen molar-refractivity contribution in [3.63, 3.8) is 0 Å². The molecule has 0 aliphatic carbocycles. The molecule has 2 N–H and O–H groups in total. The first-order valence-corrected chi connectivity index (χ1v) is 10.4. The predicted molar refractivity (Wildman–Crippen MR) is 122 cm³/mol. The first-order chi connectivity index (χ1) is 15.0. The molecule has 31 heavy (non-hydrogen) atoms. The SMILES string of the molecule is CC(C)c1c2cc(-c3ccnc(Nc4ccc5c(c4)OC(=N)CC5)n3)ccc2nn1C. The Labute approximate surface area is 180 Å². The van der Waals surface area contributed by atoms with Crippen LogP contribution in [0.5, 0.6) is 5.75 Å². The van der Waals surface area contributed by atoms with Crippen molar-refractivity contribution in [3.8, 4) is 17.0 Å². The maximum atomic E-state index is 7.76. The summed E-state index contributed by atoms with van der Waals surface area (Å²) in [6.45, 7) is 4.36. The van der Waals surface area contributed by atoms with E-state index >= 15 is 0 Å². The molecule has 7 nitrogen and oxygen atoms in total. The Balaban J connectivity index is 1.46. The van der Waals surface area contributed by atoms with Crippen LogP contribution in [0.3, 0.4) is 0 Å². The third-order valence-electron chi connectivity index (χ3n) is 5.55. The minimum atomic E-state index is 0.300. The first kappa shape index (κ1) is 19.2. The number of benzene rings is 2. The van der Waals surface area contributed by atoms with Gasteiger partial charge in [0, 0.05) is 48.1 Å². The minimum Gasteiger partial charge on any atom is -0.443 e. The van der Waals surface area contributed by atoms with E-state index in [0.29, 0.717) is 24.2 Å². The zero-order valence-corrected chi connectivity index (χ0v) is 17.8. The maximum absolute atomic E-state index is 7.76. The van der Waals surface area contributed by atoms with Gasteiger partial charge in [-0.15, -0.1) is 0 Å². The number of ether oxygens (including phenoxy) is 1. The van der Waals surface area contributed by atoms with Gasteiger partial charge < -0.3 is 10.1 Å². The van der Waals surface area contributed by atoms with Crippen LogP contribution in [0.15, 0.2) is 48.7 Å². The second-order valence-corrected chi connectivity index (χ2v) is 8.13. The fourth-order valence-corrected chi connectivity index (χ4v) is 4.14. The highest BCUT2D eigenvalue weighted by Gasteiger charge is 2.16. The van der Waals surface area contributed by atoms with E-state index in [2.05, 4.69) is 35.3 Å². The van der Waals surface area contributed by atoms with E-state index < -0.39 is 0 Å². The Morgan fingerprint density at radius 3 is 2.81 bits per heavy atom. The van der Waals surface area contributed by atoms with Gasteiger partial charge in [-0.05, 0) is 42.2 Å². The van der Waals surface area contributed by atoms with E-state index in [1.54, 1.807) is 6.20 Å². The van der Waals surface area contributed by atoms with E-state index in [1.165, 1.54) is 5.69 Å². The Hall–Kier alpha value is -3.74. The third-order valence-corrected chi connectivity index (χ3v) is 5.55. The molecule has 0 bridgehead atoms. The average Bonchev–Trinajstić information content (AvgIpc) is 3.08. The van der Waals surface area contributed by atoms with E-state index in [9.17, 15) is 0 Å². The summed E-state index contributed by atoms with van der Waals surface area (Å²) in [7, 11) is 1.99. The van der Waals surface area contributed by atoms with Crippen LogP contribution in [0.2, 0.25) is 0 Å². The van der Waals surface area contributed by atoms with Gasteiger partial charge in [0.15, 0.2) is 5.90 Å². The molecule has 2 aromatic heterocycles. The van der Waals surface area contributed by atoms with Gasteiger partial charge in [-0.3, -0.25) is 10.1 Å². The number of aromatic nitrogens is 4. The molecule has 7 heteroatoms. The highest BCUT2D eigenvalue weighted by Crippen LogP contribution is 2.31. The molecule has 0 saturated carbocycles. The Morgan fingerprint density at radius 1 is 1.10 bits per heavy atom. The van der Waals surface area contributed by atoms with Crippen LogP contribution in [0.25, 0.3) is 22.2 Å². The molecule has 0 atom stereocenters. The lowest BCUT2D eigenvalue weighted by atomic mass is 10.0. The molecule has 156 valence electrons. The van der Waals surface area contributed by atoms with Gasteiger partial charge in [-0.2, -0.15) is 5.10 Å². The number of aryl methyl sites for hydroxylation is 2. The molecule has 3 heterocycles. The van der Waals surface area contributed by atoms with Crippen LogP contribution in [0, 0.1) is 5.41 Å². The topological polar surface area (TPSA) is 88.7 Å². The Bertz CT molecular complexity index is 1310. The number of nitrogens with zero attached hydrogens (tertiary/aromatic N) is 4. The highest BCUT2D eigenvalue weighted by atomic mass is 16.5. The highest BCUT2D eigenvalue weighted by molar-refractivity contribution is 5.87. The molecule has 0 fully saturated rings. The fraction of sp³-hybridized carbons (Fsp3) is 0.250. The lowest BCUT2D eigenvalue weighted by Crippen LogP contribution is -2.15. The number of fused-ring (bicyclic) bond motifs is 2. The summed E-state index contributed by atoms with van der Waals surface area (Å²) in [5.74, 6) is 1.91. The molecule has 0 unspecified atom stereocenters. The molecular formula is C24H24N6O. The average molecular weight is 412 g/mol. The molecule has 1 aliphatic rings. The van der Waals surface area contributed by atoms with Crippen molar-refractivity contribution >= 4 is 28.4 Å². The van der Waals surface area contributed by atoms with Gasteiger partial charge in [0.1, 0.15) is 5.75 Å². The largest absolute Gasteiger partial charge is 0.443 e. The Morgan fingerprint density at radius 2 is 1.97 bits per heavy atom. The standard InChI is InChI=1S/C24H24N6O/c1-14(2)23-18-12-16(5-8-20(18)29-30(23)3)19-10-11-26-24(28-19)27-17-7-4-15-6-9-22(25)31-21(15)13-17/h4-5,7-8,10-14,25H,6,9H2,1-3H3,(H,26,27,28). The maximum Gasteiger partial charge on any atom is 0.227 e. The van der Waals surface area contributed by atoms with E-state index in [1.807, 2.05) is 48.1 Å². The molecule has 1 aliphatic heterocycles. The second-order valence-electron chi connectivity index (χ2n) is 8.13. The summed E-state index contributed by atoms with van der Waals surface area (Å²) in [5, 5.41) is 16.8. The van der Waals surface area contributed by atoms with Crippen molar-refractivity contribution in [2.75, 3.05) is 5.32 Å². The van der Waals surface area contributed by atoms with Crippen molar-refractivity contribution in [2.45, 2.75) is 32.6 Å². The number of anilines is 2. The molecule has 2 aromatic carbocycles. The van der Waals surface area contributed by atoms with Crippen LogP contribution in [-0.4, -0.2) is 25.6 Å². The lowest BCUT2D eigenvalue weighted by molar-refractivity contribution is 0.499. The monoisotopic (exact) mass is 412 g/mol. The van der Waals surface area contributed by atoms with Crippen LogP contribution < -0.4 is 10.1 Å². The Kier molecular flexibility index (Phi) is 4.66. The van der Waals surface area contributed by atoms with Crippen molar-refractivity contribution < 1.29 is 4.74 Å². The van der Waals surface area contributed by atoms with Crippen molar-refractivity contribution in [2.24, 2.45) is 7.05 Å². The van der Waals surface area contributed by atoms with Crippen LogP contribution in [-0.2, 0) is 13.5 Å². The van der Waals surface area contributed by atoms with Gasteiger partial charge >= 0.3 is 0 Å². The summed E-state index contributed by atoms with van der Waals surface area (Å²) in [6.07, 6.45) is 3.23. The molecule has 0 radical (unpaired) electrons. The quantitative estimate of drug-likeness (QED) is 0.481. The molecule has 5 rings (SSSR count). The predicted octanol–water partition coefficient (Wildman–Crippen LogP) is 5.20. The van der Waals surface area contributed by atoms with Crippen LogP contribution >= 0.6 is 0 Å². The zero-order valence-electron chi connectivity index (χ0n) is 17.8. The normalized spacial score (nSPS) is 13.4. The van der Waals surface area contributed by atoms with Crippen molar-refractivity contribution in [1.82, 2.24) is 19.7 Å². The van der Waals surface area contributed by atoms with Crippen LogP contribution in [0.1, 0.15) is 37.4 Å². The zero-order chi connectivity index (χ0) is 21.5. The summed E-state index contributed by atoms with van der Waals surface area (Å²) < 4.78 is 7.53. The number of nitrogens with one attached hydrogen (secondary N) is 2. The van der Waals surface area contributed by atoms with Gasteiger partial charge in [0.05, 0.1) is 11.2 Å². The number of hydrogen-bond donors (Lipinski definition) is 2. The second kappa shape index (κ2) is 7.50. The van der Waals surface area contributed by atoms with Gasteiger partial charge in [-0.25, -0.2) is 9.97 Å². The smallest absolute Gasteiger partial charge is 0.227 e. The van der Waals surface area contributed by atoms with Gasteiger partial charge in [0.2, 0.25) is 5.95 Å². The first-order valence-electron chi connectivity index (χ1n) is 10.4. The molecule has 0 amide bonds. The molecular weight excluding hydrogens is 388 g/mol. The third kappa shape index (κ3) is 3.63. The van der Waals surface area contributed by atoms with E-state index in [0.717, 1.165) is 45.6 Å². The lowest BCUT2D eigenvalue weighted by Gasteiger charge is -2.18. The molecule has 0 saturated heterocycles. The minimum absolute atomic E-state index is 0.300.